The van der Waals surface area contributed by atoms with E-state index in [2.05, 4.69) is 15.3 Å². The number of aromatic nitrogens is 2. The molecule has 0 radical (unpaired) electrons. The van der Waals surface area contributed by atoms with Gasteiger partial charge in [0.25, 0.3) is 5.91 Å². The number of nitrogens with one attached hydrogen (secondary N) is 1. The van der Waals surface area contributed by atoms with Crippen LogP contribution in [-0.4, -0.2) is 39.8 Å². The van der Waals surface area contributed by atoms with Crippen LogP contribution in [0.25, 0.3) is 11.3 Å². The number of nitrogens with zero attached hydrogens (tertiary/aromatic N) is 3. The summed E-state index contributed by atoms with van der Waals surface area (Å²) in [4.78, 5) is 34.7. The summed E-state index contributed by atoms with van der Waals surface area (Å²) in [5.41, 5.74) is 4.46. The van der Waals surface area contributed by atoms with Crippen molar-refractivity contribution in [1.82, 2.24) is 14.9 Å². The molecule has 3 aromatic rings. The molecule has 2 amide bonds. The molecule has 1 aliphatic rings. The number of amides is 2. The van der Waals surface area contributed by atoms with E-state index in [4.69, 9.17) is 4.42 Å². The zero-order valence-electron chi connectivity index (χ0n) is 14.5. The molecule has 1 saturated heterocycles. The second-order valence-electron chi connectivity index (χ2n) is 6.40. The van der Waals surface area contributed by atoms with Crippen molar-refractivity contribution < 1.29 is 14.0 Å². The minimum Gasteiger partial charge on any atom is -0.438 e. The lowest BCUT2D eigenvalue weighted by molar-refractivity contribution is -0.121. The fourth-order valence-corrected chi connectivity index (χ4v) is 3.74. The molecule has 0 spiro atoms. The number of likely N-dealkylation sites (tertiary alicyclic amines) is 1. The van der Waals surface area contributed by atoms with Crippen LogP contribution in [0.2, 0.25) is 0 Å². The topological polar surface area (TPSA) is 88.3 Å². The molecule has 1 N–H and O–H groups in total. The van der Waals surface area contributed by atoms with Gasteiger partial charge in [0.1, 0.15) is 0 Å². The van der Waals surface area contributed by atoms with Gasteiger partial charge in [0.05, 0.1) is 23.3 Å². The van der Waals surface area contributed by atoms with Crippen molar-refractivity contribution in [2.24, 2.45) is 5.92 Å². The fourth-order valence-electron chi connectivity index (χ4n) is 3.18. The summed E-state index contributed by atoms with van der Waals surface area (Å²) in [6.07, 6.45) is 4.16. The molecule has 7 nitrogen and oxygen atoms in total. The van der Waals surface area contributed by atoms with Gasteiger partial charge in [-0.15, -0.1) is 11.3 Å². The lowest BCUT2D eigenvalue weighted by Gasteiger charge is -2.31. The van der Waals surface area contributed by atoms with Gasteiger partial charge in [0.15, 0.2) is 6.39 Å². The number of hydrogen-bond donors (Lipinski definition) is 1. The van der Waals surface area contributed by atoms with Gasteiger partial charge in [0.2, 0.25) is 11.7 Å². The summed E-state index contributed by atoms with van der Waals surface area (Å²) in [5, 5.41) is 4.93. The smallest absolute Gasteiger partial charge is 0.291 e. The van der Waals surface area contributed by atoms with Crippen LogP contribution < -0.4 is 5.32 Å². The van der Waals surface area contributed by atoms with Gasteiger partial charge in [-0.05, 0) is 25.0 Å². The van der Waals surface area contributed by atoms with Crippen molar-refractivity contribution >= 4 is 28.8 Å². The number of thiazole rings is 1. The second kappa shape index (κ2) is 7.71. The van der Waals surface area contributed by atoms with Gasteiger partial charge in [-0.25, -0.2) is 9.97 Å². The maximum atomic E-state index is 12.6. The number of carbonyl (C=O) groups is 2. The van der Waals surface area contributed by atoms with Crippen molar-refractivity contribution in [1.29, 1.82) is 0 Å². The Morgan fingerprint density at radius 2 is 2.11 bits per heavy atom. The lowest BCUT2D eigenvalue weighted by Crippen LogP contribution is -2.43. The van der Waals surface area contributed by atoms with E-state index < -0.39 is 0 Å². The van der Waals surface area contributed by atoms with Crippen LogP contribution in [0.3, 0.4) is 0 Å². The van der Waals surface area contributed by atoms with Crippen molar-refractivity contribution in [3.8, 4) is 11.3 Å². The van der Waals surface area contributed by atoms with E-state index in [0.29, 0.717) is 13.1 Å². The van der Waals surface area contributed by atoms with Gasteiger partial charge in [0, 0.05) is 29.7 Å². The first-order valence-corrected chi connectivity index (χ1v) is 9.62. The largest absolute Gasteiger partial charge is 0.438 e. The number of hydrogen-bond acceptors (Lipinski definition) is 6. The molecule has 1 aromatic carbocycles. The molecule has 0 bridgehead atoms. The highest BCUT2D eigenvalue weighted by Crippen LogP contribution is 2.23. The summed E-state index contributed by atoms with van der Waals surface area (Å²) < 4.78 is 5.07. The molecule has 27 heavy (non-hydrogen) atoms. The van der Waals surface area contributed by atoms with Crippen LogP contribution >= 0.6 is 11.3 Å². The third-order valence-electron chi connectivity index (χ3n) is 4.60. The van der Waals surface area contributed by atoms with Crippen molar-refractivity contribution in [3.05, 3.63) is 53.5 Å². The maximum absolute atomic E-state index is 12.6. The molecule has 1 fully saturated rings. The van der Waals surface area contributed by atoms with Gasteiger partial charge < -0.3 is 14.6 Å². The molecule has 1 aliphatic heterocycles. The van der Waals surface area contributed by atoms with Gasteiger partial charge in [-0.3, -0.25) is 9.59 Å². The summed E-state index contributed by atoms with van der Waals surface area (Å²) >= 11 is 1.55. The molecule has 3 heterocycles. The normalized spacial score (nSPS) is 16.9. The highest BCUT2D eigenvalue weighted by molar-refractivity contribution is 7.07. The Balaban J connectivity index is 1.38. The average molecular weight is 382 g/mol. The average Bonchev–Trinajstić information content (AvgIpc) is 3.42. The third kappa shape index (κ3) is 3.90. The van der Waals surface area contributed by atoms with E-state index in [9.17, 15) is 9.59 Å². The Morgan fingerprint density at radius 1 is 1.26 bits per heavy atom. The minimum absolute atomic E-state index is 0.0773. The Kier molecular flexibility index (Phi) is 4.97. The van der Waals surface area contributed by atoms with Gasteiger partial charge in [-0.2, -0.15) is 0 Å². The first-order valence-electron chi connectivity index (χ1n) is 8.68. The predicted molar refractivity (Wildman–Crippen MR) is 101 cm³/mol. The van der Waals surface area contributed by atoms with Crippen molar-refractivity contribution in [2.75, 3.05) is 18.4 Å². The monoisotopic (exact) mass is 382 g/mol. The van der Waals surface area contributed by atoms with E-state index >= 15 is 0 Å². The number of piperidine rings is 1. The first kappa shape index (κ1) is 17.4. The lowest BCUT2D eigenvalue weighted by atomic mass is 9.96. The van der Waals surface area contributed by atoms with Crippen LogP contribution in [0.4, 0.5) is 5.69 Å². The highest BCUT2D eigenvalue weighted by atomic mass is 32.1. The van der Waals surface area contributed by atoms with Crippen molar-refractivity contribution in [2.45, 2.75) is 12.8 Å². The van der Waals surface area contributed by atoms with E-state index in [1.807, 2.05) is 29.6 Å². The fraction of sp³-hybridized carbons (Fsp3) is 0.263. The summed E-state index contributed by atoms with van der Waals surface area (Å²) in [7, 11) is 0. The zero-order valence-corrected chi connectivity index (χ0v) is 15.3. The van der Waals surface area contributed by atoms with Crippen molar-refractivity contribution in [3.63, 3.8) is 0 Å². The Hall–Kier alpha value is -3.00. The number of benzene rings is 1. The molecule has 2 aromatic heterocycles. The third-order valence-corrected chi connectivity index (χ3v) is 5.19. The maximum Gasteiger partial charge on any atom is 0.291 e. The van der Waals surface area contributed by atoms with Crippen LogP contribution in [0.15, 0.2) is 52.2 Å². The second-order valence-corrected chi connectivity index (χ2v) is 7.11. The zero-order chi connectivity index (χ0) is 18.6. The predicted octanol–water partition coefficient (Wildman–Crippen LogP) is 3.29. The van der Waals surface area contributed by atoms with Crippen LogP contribution in [0, 0.1) is 5.92 Å². The number of rotatable bonds is 4. The van der Waals surface area contributed by atoms with E-state index in [1.165, 1.54) is 12.6 Å². The highest BCUT2D eigenvalue weighted by Gasteiger charge is 2.30. The molecule has 0 saturated carbocycles. The molecule has 4 rings (SSSR count). The molecule has 138 valence electrons. The Bertz CT molecular complexity index is 907. The Labute approximate surface area is 160 Å². The molecular weight excluding hydrogens is 364 g/mol. The van der Waals surface area contributed by atoms with E-state index in [-0.39, 0.29) is 23.5 Å². The molecule has 0 aliphatic carbocycles. The SMILES string of the molecule is O=C(Nc1ccc(-c2cscn2)cc1)[C@H]1CCCN(C(=O)c2cnco2)C1. The molecule has 1 atom stereocenters. The number of anilines is 1. The minimum atomic E-state index is -0.246. The van der Waals surface area contributed by atoms with Crippen LogP contribution in [0.5, 0.6) is 0 Å². The van der Waals surface area contributed by atoms with E-state index in [1.54, 1.807) is 21.7 Å². The summed E-state index contributed by atoms with van der Waals surface area (Å²) in [5.74, 6) is -0.346. The number of carbonyl (C=O) groups excluding carboxylic acids is 2. The summed E-state index contributed by atoms with van der Waals surface area (Å²) in [6.45, 7) is 0.994. The standard InChI is InChI=1S/C19H18N4O3S/c24-18(22-15-5-3-13(4-6-15)16-10-27-12-21-16)14-2-1-7-23(9-14)19(25)17-8-20-11-26-17/h3-6,8,10-12,14H,1-2,7,9H2,(H,22,24)/t14-/m0/s1. The Morgan fingerprint density at radius 3 is 2.81 bits per heavy atom. The molecular formula is C19H18N4O3S. The number of oxazole rings is 1. The van der Waals surface area contributed by atoms with Crippen LogP contribution in [-0.2, 0) is 4.79 Å². The first-order chi connectivity index (χ1) is 13.2. The van der Waals surface area contributed by atoms with Gasteiger partial charge >= 0.3 is 0 Å². The summed E-state index contributed by atoms with van der Waals surface area (Å²) in [6, 6.07) is 7.61. The van der Waals surface area contributed by atoms with Crippen LogP contribution in [0.1, 0.15) is 23.4 Å². The quantitative estimate of drug-likeness (QED) is 0.748. The molecule has 0 unspecified atom stereocenters. The molecule has 8 heteroatoms. The van der Waals surface area contributed by atoms with E-state index in [0.717, 1.165) is 29.8 Å². The van der Waals surface area contributed by atoms with Gasteiger partial charge in [-0.1, -0.05) is 12.1 Å².